The number of rotatable bonds is 7. The Hall–Kier alpha value is -2.66. The number of halogens is 1. The SMILES string of the molecule is CNC(=O)C(CC[N+]1(C)CCC(O)(c2ccc(Cl)cc2)CC1)(c1ccccc1)c1ccccc1. The van der Waals surface area contributed by atoms with Crippen molar-refractivity contribution in [3.05, 3.63) is 107 Å². The van der Waals surface area contributed by atoms with Crippen LogP contribution in [0.15, 0.2) is 84.9 Å². The number of nitrogens with one attached hydrogen (secondary N) is 1. The van der Waals surface area contributed by atoms with Crippen LogP contribution in [0, 0.1) is 0 Å². The van der Waals surface area contributed by atoms with Gasteiger partial charge in [0.2, 0.25) is 5.91 Å². The Balaban J connectivity index is 1.60. The molecule has 0 bridgehead atoms. The lowest BCUT2D eigenvalue weighted by molar-refractivity contribution is -0.917. The molecule has 0 radical (unpaired) electrons. The molecule has 1 heterocycles. The van der Waals surface area contributed by atoms with E-state index in [0.717, 1.165) is 40.8 Å². The maximum absolute atomic E-state index is 13.6. The second-order valence-electron chi connectivity index (χ2n) is 9.80. The molecule has 4 nitrogen and oxygen atoms in total. The molecular weight excluding hydrogens is 444 g/mol. The molecule has 1 aliphatic heterocycles. The minimum absolute atomic E-state index is 0.00572. The summed E-state index contributed by atoms with van der Waals surface area (Å²) < 4.78 is 0.814. The van der Waals surface area contributed by atoms with Crippen LogP contribution < -0.4 is 5.32 Å². The van der Waals surface area contributed by atoms with Crippen LogP contribution in [-0.2, 0) is 15.8 Å². The van der Waals surface area contributed by atoms with Gasteiger partial charge in [0.15, 0.2) is 0 Å². The molecule has 3 aromatic rings. The van der Waals surface area contributed by atoms with E-state index in [1.807, 2.05) is 60.7 Å². The molecule has 0 aliphatic carbocycles. The minimum atomic E-state index is -0.834. The first kappa shape index (κ1) is 24.5. The Morgan fingerprint density at radius 3 is 1.91 bits per heavy atom. The monoisotopic (exact) mass is 477 g/mol. The summed E-state index contributed by atoms with van der Waals surface area (Å²) in [4.78, 5) is 13.6. The molecule has 1 amide bonds. The summed E-state index contributed by atoms with van der Waals surface area (Å²) in [5.74, 6) is 0.00572. The Kier molecular flexibility index (Phi) is 7.13. The zero-order valence-corrected chi connectivity index (χ0v) is 20.8. The van der Waals surface area contributed by atoms with Crippen LogP contribution >= 0.6 is 11.6 Å². The first-order valence-electron chi connectivity index (χ1n) is 12.0. The van der Waals surface area contributed by atoms with Gasteiger partial charge >= 0.3 is 0 Å². The number of carbonyl (C=O) groups excluding carboxylic acids is 1. The smallest absolute Gasteiger partial charge is 0.235 e. The van der Waals surface area contributed by atoms with Gasteiger partial charge in [0.1, 0.15) is 11.0 Å². The van der Waals surface area contributed by atoms with Crippen molar-refractivity contribution in [2.24, 2.45) is 0 Å². The molecule has 1 fully saturated rings. The summed E-state index contributed by atoms with van der Waals surface area (Å²) in [6.45, 7) is 2.51. The van der Waals surface area contributed by atoms with Gasteiger partial charge in [-0.15, -0.1) is 0 Å². The number of benzene rings is 3. The Morgan fingerprint density at radius 1 is 0.941 bits per heavy atom. The second kappa shape index (κ2) is 9.91. The van der Waals surface area contributed by atoms with Gasteiger partial charge in [-0.25, -0.2) is 0 Å². The van der Waals surface area contributed by atoms with Crippen molar-refractivity contribution in [3.63, 3.8) is 0 Å². The fraction of sp³-hybridized carbons (Fsp3) is 0.345. The number of carbonyl (C=O) groups is 1. The predicted molar refractivity (Wildman–Crippen MR) is 138 cm³/mol. The quantitative estimate of drug-likeness (QED) is 0.476. The molecule has 0 saturated carbocycles. The second-order valence-corrected chi connectivity index (χ2v) is 10.2. The largest absolute Gasteiger partial charge is 0.385 e. The van der Waals surface area contributed by atoms with Gasteiger partial charge in [-0.3, -0.25) is 4.79 Å². The molecule has 1 saturated heterocycles. The third kappa shape index (κ3) is 4.76. The topological polar surface area (TPSA) is 49.3 Å². The van der Waals surface area contributed by atoms with Gasteiger partial charge < -0.3 is 14.9 Å². The van der Waals surface area contributed by atoms with Crippen LogP contribution in [0.2, 0.25) is 5.02 Å². The predicted octanol–water partition coefficient (Wildman–Crippen LogP) is 4.89. The number of amides is 1. The molecule has 34 heavy (non-hydrogen) atoms. The van der Waals surface area contributed by atoms with E-state index >= 15 is 0 Å². The molecule has 178 valence electrons. The van der Waals surface area contributed by atoms with E-state index in [1.165, 1.54) is 0 Å². The van der Waals surface area contributed by atoms with E-state index in [9.17, 15) is 9.90 Å². The van der Waals surface area contributed by atoms with Crippen LogP contribution in [0.25, 0.3) is 0 Å². The summed E-state index contributed by atoms with van der Waals surface area (Å²) >= 11 is 6.05. The zero-order valence-electron chi connectivity index (χ0n) is 20.0. The van der Waals surface area contributed by atoms with Gasteiger partial charge in [-0.1, -0.05) is 84.4 Å². The van der Waals surface area contributed by atoms with Gasteiger partial charge in [0.25, 0.3) is 0 Å². The summed E-state index contributed by atoms with van der Waals surface area (Å²) in [5.41, 5.74) is 1.32. The number of nitrogens with zero attached hydrogens (tertiary/aromatic N) is 1. The molecule has 0 spiro atoms. The van der Waals surface area contributed by atoms with Gasteiger partial charge in [-0.2, -0.15) is 0 Å². The maximum Gasteiger partial charge on any atom is 0.235 e. The van der Waals surface area contributed by atoms with E-state index in [4.69, 9.17) is 11.6 Å². The van der Waals surface area contributed by atoms with Crippen molar-refractivity contribution in [2.45, 2.75) is 30.3 Å². The molecule has 2 N–H and O–H groups in total. The highest BCUT2D eigenvalue weighted by Crippen LogP contribution is 2.40. The molecule has 1 aliphatic rings. The fourth-order valence-electron chi connectivity index (χ4n) is 5.35. The third-order valence-corrected chi connectivity index (χ3v) is 7.94. The van der Waals surface area contributed by atoms with Crippen molar-refractivity contribution in [1.29, 1.82) is 0 Å². The lowest BCUT2D eigenvalue weighted by Gasteiger charge is -2.46. The Labute approximate surface area is 207 Å². The highest BCUT2D eigenvalue weighted by atomic mass is 35.5. The minimum Gasteiger partial charge on any atom is -0.385 e. The van der Waals surface area contributed by atoms with Gasteiger partial charge in [0, 0.05) is 31.3 Å². The molecule has 0 unspecified atom stereocenters. The van der Waals surface area contributed by atoms with E-state index in [-0.39, 0.29) is 5.91 Å². The zero-order chi connectivity index (χ0) is 24.2. The van der Waals surface area contributed by atoms with E-state index in [2.05, 4.69) is 36.6 Å². The van der Waals surface area contributed by atoms with Crippen molar-refractivity contribution in [1.82, 2.24) is 5.32 Å². The lowest BCUT2D eigenvalue weighted by atomic mass is 9.70. The van der Waals surface area contributed by atoms with Crippen molar-refractivity contribution >= 4 is 17.5 Å². The maximum atomic E-state index is 13.6. The van der Waals surface area contributed by atoms with Gasteiger partial charge in [-0.05, 0) is 28.8 Å². The number of piperidine rings is 1. The number of hydrogen-bond donors (Lipinski definition) is 2. The Morgan fingerprint density at radius 2 is 1.44 bits per heavy atom. The standard InChI is InChI=1S/C29H33ClN2O2/c1-31-27(33)29(24-9-5-3-6-10-24,25-11-7-4-8-12-25)19-22-32(2)20-17-28(34,18-21-32)23-13-15-26(30)16-14-23/h3-16,34H,17-22H2,1-2H3/p+1. The number of hydrogen-bond acceptors (Lipinski definition) is 2. The Bertz CT molecular complexity index is 1050. The van der Waals surface area contributed by atoms with E-state index in [0.29, 0.717) is 24.3 Å². The van der Waals surface area contributed by atoms with Crippen LogP contribution in [0.5, 0.6) is 0 Å². The van der Waals surface area contributed by atoms with Crippen LogP contribution in [-0.4, -0.2) is 49.2 Å². The van der Waals surface area contributed by atoms with Crippen LogP contribution in [0.4, 0.5) is 0 Å². The summed E-state index contributed by atoms with van der Waals surface area (Å²) in [5, 5.41) is 15.0. The molecule has 0 aromatic heterocycles. The normalized spacial score (nSPS) is 22.8. The van der Waals surface area contributed by atoms with Crippen LogP contribution in [0.1, 0.15) is 36.0 Å². The highest BCUT2D eigenvalue weighted by molar-refractivity contribution is 6.30. The number of aliphatic hydroxyl groups is 1. The molecule has 5 heteroatoms. The molecule has 4 rings (SSSR count). The number of likely N-dealkylation sites (N-methyl/N-ethyl adjacent to an activating group) is 1. The number of likely N-dealkylation sites (tertiary alicyclic amines) is 1. The van der Waals surface area contributed by atoms with E-state index < -0.39 is 11.0 Å². The summed E-state index contributed by atoms with van der Waals surface area (Å²) in [6.07, 6.45) is 2.03. The van der Waals surface area contributed by atoms with Crippen molar-refractivity contribution in [3.8, 4) is 0 Å². The number of quaternary nitrogens is 1. The van der Waals surface area contributed by atoms with Crippen LogP contribution in [0.3, 0.4) is 0 Å². The first-order chi connectivity index (χ1) is 16.3. The molecule has 3 aromatic carbocycles. The lowest BCUT2D eigenvalue weighted by Crippen LogP contribution is -2.56. The summed E-state index contributed by atoms with van der Waals surface area (Å²) in [7, 11) is 3.96. The molecular formula is C29H34ClN2O2+. The third-order valence-electron chi connectivity index (χ3n) is 7.69. The summed E-state index contributed by atoms with van der Waals surface area (Å²) in [6, 6.07) is 27.7. The first-order valence-corrected chi connectivity index (χ1v) is 12.3. The van der Waals surface area contributed by atoms with Crippen molar-refractivity contribution in [2.75, 3.05) is 33.7 Å². The molecule has 0 atom stereocenters. The van der Waals surface area contributed by atoms with Crippen molar-refractivity contribution < 1.29 is 14.4 Å². The fourth-order valence-corrected chi connectivity index (χ4v) is 5.47. The van der Waals surface area contributed by atoms with Gasteiger partial charge in [0.05, 0.1) is 26.7 Å². The highest BCUT2D eigenvalue weighted by Gasteiger charge is 2.45. The van der Waals surface area contributed by atoms with E-state index in [1.54, 1.807) is 7.05 Å². The average molecular weight is 478 g/mol. The average Bonchev–Trinajstić information content (AvgIpc) is 2.88.